The first-order valence-corrected chi connectivity index (χ1v) is 27.7. The molecule has 4 aliphatic rings. The summed E-state index contributed by atoms with van der Waals surface area (Å²) in [7, 11) is 3.40. The number of hydrogen-bond acceptors (Lipinski definition) is 14. The fourth-order valence-electron chi connectivity index (χ4n) is 10.8. The van der Waals surface area contributed by atoms with Crippen molar-refractivity contribution in [3.05, 3.63) is 72.6 Å². The lowest BCUT2D eigenvalue weighted by molar-refractivity contribution is -0.139. The minimum Gasteiger partial charge on any atom is -0.343 e. The molecule has 0 aliphatic carbocycles. The van der Waals surface area contributed by atoms with Gasteiger partial charge in [0.1, 0.15) is 35.1 Å². The molecule has 2 aromatic carbocycles. The van der Waals surface area contributed by atoms with Crippen molar-refractivity contribution in [2.24, 2.45) is 11.8 Å². The van der Waals surface area contributed by atoms with Crippen LogP contribution in [-0.2, 0) is 32.3 Å². The zero-order chi connectivity index (χ0) is 51.6. The van der Waals surface area contributed by atoms with Crippen LogP contribution in [0.2, 0.25) is 0 Å². The number of unbranched alkanes of at least 4 members (excludes halogenated alkanes) is 1. The van der Waals surface area contributed by atoms with Crippen LogP contribution in [0.25, 0.3) is 22.5 Å². The predicted octanol–water partition coefficient (Wildman–Crippen LogP) is 4.31. The lowest BCUT2D eigenvalue weighted by Gasteiger charge is -2.33. The fourth-order valence-corrected chi connectivity index (χ4v) is 12.5. The van der Waals surface area contributed by atoms with Gasteiger partial charge in [0.15, 0.2) is 0 Å². The number of aromatic nitrogens is 6. The molecular formula is C50H72F2N14O4S2. The van der Waals surface area contributed by atoms with E-state index in [1.54, 1.807) is 85.5 Å². The van der Waals surface area contributed by atoms with E-state index < -0.39 is 24.2 Å². The maximum Gasteiger partial charge on any atom is 0.245 e. The maximum atomic E-state index is 14.9. The summed E-state index contributed by atoms with van der Waals surface area (Å²) >= 11 is 3.33. The lowest BCUT2D eigenvalue weighted by atomic mass is 9.97. The summed E-state index contributed by atoms with van der Waals surface area (Å²) in [5.74, 6) is -1.45. The third-order valence-electron chi connectivity index (χ3n) is 14.7. The number of fused-ring (bicyclic) bond motifs is 2. The number of halogens is 2. The molecule has 4 saturated heterocycles. The monoisotopic (exact) mass is 1030 g/mol. The van der Waals surface area contributed by atoms with E-state index in [0.717, 1.165) is 37.1 Å². The van der Waals surface area contributed by atoms with Crippen LogP contribution in [0.5, 0.6) is 0 Å². The number of likely N-dealkylation sites (N-methyl/N-ethyl adjacent to an activating group) is 2. The van der Waals surface area contributed by atoms with Crippen molar-refractivity contribution < 1.29 is 28.0 Å². The highest BCUT2D eigenvalue weighted by atomic mass is 32.2. The number of rotatable bonds is 21. The molecule has 4 N–H and O–H groups in total. The number of likely N-dealkylation sites (tertiary alicyclic amines) is 2. The van der Waals surface area contributed by atoms with Gasteiger partial charge in [-0.25, -0.2) is 17.4 Å². The van der Waals surface area contributed by atoms with Gasteiger partial charge in [-0.2, -0.15) is 0 Å². The Morgan fingerprint density at radius 1 is 0.639 bits per heavy atom. The number of hydrogen-bond donors (Lipinski definition) is 4. The predicted molar refractivity (Wildman–Crippen MR) is 277 cm³/mol. The van der Waals surface area contributed by atoms with Crippen molar-refractivity contribution in [1.29, 1.82) is 0 Å². The van der Waals surface area contributed by atoms with Crippen LogP contribution in [0.1, 0.15) is 66.2 Å². The molecule has 0 bridgehead atoms. The zero-order valence-corrected chi connectivity index (χ0v) is 44.3. The SMILES string of the molecule is CC.CN[C@@H](C)C(=O)NC(CCCCC(NC(=O)[C@H](C)NC)C(=O)N1CCC2C1[C@@H](Cn1cc(-c3ccc(F)cc3)nn1)CN2SC)C(=O)N1CCC2C1[C@@H](Cn1cc(-c3ccc(F)cc3)nn1)CN2SC. The molecule has 6 unspecified atom stereocenters. The molecule has 0 saturated carbocycles. The van der Waals surface area contributed by atoms with Gasteiger partial charge in [-0.1, -0.05) is 61.0 Å². The summed E-state index contributed by atoms with van der Waals surface area (Å²) in [6.45, 7) is 11.1. The second kappa shape index (κ2) is 25.3. The summed E-state index contributed by atoms with van der Waals surface area (Å²) in [6, 6.07) is 9.57. The van der Waals surface area contributed by atoms with E-state index in [1.807, 2.05) is 48.6 Å². The number of carbonyl (C=O) groups excluding carboxylic acids is 4. The van der Waals surface area contributed by atoms with Crippen LogP contribution in [0.4, 0.5) is 8.78 Å². The Hall–Kier alpha value is -5.00. The molecule has 392 valence electrons. The quantitative estimate of drug-likeness (QED) is 0.0683. The van der Waals surface area contributed by atoms with Gasteiger partial charge in [0.05, 0.1) is 36.6 Å². The van der Waals surface area contributed by atoms with E-state index in [4.69, 9.17) is 0 Å². The Bertz CT molecular complexity index is 2260. The molecule has 4 aromatic rings. The van der Waals surface area contributed by atoms with Crippen molar-refractivity contribution in [3.63, 3.8) is 0 Å². The average molecular weight is 1040 g/mol. The van der Waals surface area contributed by atoms with E-state index in [2.05, 4.69) is 50.5 Å². The highest BCUT2D eigenvalue weighted by molar-refractivity contribution is 7.96. The average Bonchev–Trinajstić information content (AvgIpc) is 4.28. The summed E-state index contributed by atoms with van der Waals surface area (Å²) in [4.78, 5) is 60.6. The van der Waals surface area contributed by atoms with Crippen molar-refractivity contribution in [2.75, 3.05) is 52.8 Å². The van der Waals surface area contributed by atoms with Crippen LogP contribution in [0, 0.1) is 23.5 Å². The minimum atomic E-state index is -0.813. The van der Waals surface area contributed by atoms with Crippen LogP contribution in [0.3, 0.4) is 0 Å². The van der Waals surface area contributed by atoms with E-state index >= 15 is 0 Å². The van der Waals surface area contributed by atoms with Gasteiger partial charge in [0.2, 0.25) is 23.6 Å². The summed E-state index contributed by atoms with van der Waals surface area (Å²) < 4.78 is 35.6. The van der Waals surface area contributed by atoms with E-state index in [1.165, 1.54) is 24.3 Å². The Kier molecular flexibility index (Phi) is 19.2. The van der Waals surface area contributed by atoms with E-state index in [9.17, 15) is 28.0 Å². The molecule has 6 heterocycles. The molecule has 8 rings (SSSR count). The molecule has 18 nitrogen and oxygen atoms in total. The van der Waals surface area contributed by atoms with Crippen LogP contribution >= 0.6 is 23.9 Å². The lowest BCUT2D eigenvalue weighted by Crippen LogP contribution is -2.55. The molecule has 0 radical (unpaired) electrons. The number of carbonyl (C=O) groups is 4. The van der Waals surface area contributed by atoms with Gasteiger partial charge in [-0.3, -0.25) is 28.5 Å². The number of nitrogens with one attached hydrogen (secondary N) is 4. The maximum absolute atomic E-state index is 14.9. The Labute approximate surface area is 430 Å². The molecule has 72 heavy (non-hydrogen) atoms. The molecule has 4 amide bonds. The van der Waals surface area contributed by atoms with Crippen LogP contribution in [-0.4, -0.2) is 173 Å². The first-order valence-electron chi connectivity index (χ1n) is 25.3. The second-order valence-electron chi connectivity index (χ2n) is 18.9. The standard InChI is InChI=1S/C48H66F2N14O4S2.C2H6/c1-29(51-3)45(65)53-37(47(67)61-21-19-41-43(61)33(25-63(41)69-5)23-59-27-39(55-57-59)31-11-15-35(49)16-12-31)9-7-8-10-38(54-46(66)30(2)52-4)48(68)62-22-20-42-44(62)34(26-64(42)70-6)24-60-28-40(56-58-60)32-13-17-36(50)18-14-32;1-2/h11-18,27-30,33-34,37-38,41-44,51-52H,7-10,19-26H2,1-6H3,(H,53,65)(H,54,66);1-2H3/t29-,30-,33-,34-,37?,38?,41?,42?,43?,44?;/m0./s1. The number of benzene rings is 2. The van der Waals surface area contributed by atoms with Crippen molar-refractivity contribution in [2.45, 2.75) is 128 Å². The van der Waals surface area contributed by atoms with Crippen molar-refractivity contribution >= 4 is 47.5 Å². The van der Waals surface area contributed by atoms with Crippen molar-refractivity contribution in [3.8, 4) is 22.5 Å². The summed E-state index contributed by atoms with van der Waals surface area (Å²) in [6.07, 6.45) is 11.1. The highest BCUT2D eigenvalue weighted by Gasteiger charge is 2.53. The smallest absolute Gasteiger partial charge is 0.245 e. The second-order valence-corrected chi connectivity index (χ2v) is 20.6. The number of amides is 4. The van der Waals surface area contributed by atoms with Gasteiger partial charge in [-0.15, -0.1) is 10.2 Å². The molecule has 2 aromatic heterocycles. The molecule has 4 fully saturated rings. The van der Waals surface area contributed by atoms with Crippen LogP contribution < -0.4 is 21.3 Å². The van der Waals surface area contributed by atoms with Gasteiger partial charge in [-0.05, 0) is 115 Å². The minimum absolute atomic E-state index is 0.0254. The van der Waals surface area contributed by atoms with Gasteiger partial charge >= 0.3 is 0 Å². The first kappa shape index (κ1) is 54.8. The summed E-state index contributed by atoms with van der Waals surface area (Å²) in [5, 5.41) is 29.7. The third-order valence-corrected chi connectivity index (χ3v) is 16.5. The van der Waals surface area contributed by atoms with Gasteiger partial charge in [0, 0.05) is 74.3 Å². The zero-order valence-electron chi connectivity index (χ0n) is 42.7. The van der Waals surface area contributed by atoms with Gasteiger partial charge in [0.25, 0.3) is 0 Å². The highest BCUT2D eigenvalue weighted by Crippen LogP contribution is 2.41. The van der Waals surface area contributed by atoms with E-state index in [0.29, 0.717) is 63.3 Å². The Morgan fingerprint density at radius 3 is 1.36 bits per heavy atom. The number of nitrogens with zero attached hydrogens (tertiary/aromatic N) is 10. The topological polar surface area (TPSA) is 191 Å². The van der Waals surface area contributed by atoms with Gasteiger partial charge < -0.3 is 31.1 Å². The summed E-state index contributed by atoms with van der Waals surface area (Å²) in [5.41, 5.74) is 2.78. The largest absolute Gasteiger partial charge is 0.343 e. The van der Waals surface area contributed by atoms with Crippen LogP contribution in [0.15, 0.2) is 60.9 Å². The molecule has 10 atom stereocenters. The molecule has 4 aliphatic heterocycles. The molecule has 0 spiro atoms. The fraction of sp³-hybridized carbons (Fsp3) is 0.600. The molecule has 22 heteroatoms. The van der Waals surface area contributed by atoms with Crippen molar-refractivity contribution in [1.82, 2.24) is 69.7 Å². The Balaban J connectivity index is 0.00000376. The molecular weight excluding hydrogens is 963 g/mol. The normalized spacial score (nSPS) is 23.5. The van der Waals surface area contributed by atoms with E-state index in [-0.39, 0.29) is 71.3 Å². The third kappa shape index (κ3) is 12.5. The Morgan fingerprint density at radius 2 is 1.01 bits per heavy atom. The first-order chi connectivity index (χ1) is 34.8.